The van der Waals surface area contributed by atoms with Gasteiger partial charge in [-0.3, -0.25) is 4.90 Å². The van der Waals surface area contributed by atoms with Crippen LogP contribution in [0.3, 0.4) is 0 Å². The monoisotopic (exact) mass is 290 g/mol. The van der Waals surface area contributed by atoms with Crippen LogP contribution in [0.2, 0.25) is 0 Å². The lowest BCUT2D eigenvalue weighted by molar-refractivity contribution is -0.880. The van der Waals surface area contributed by atoms with Crippen molar-refractivity contribution in [2.24, 2.45) is 5.92 Å². The highest BCUT2D eigenvalue weighted by Crippen LogP contribution is 2.31. The molecule has 2 fully saturated rings. The number of hydrogen-bond acceptors (Lipinski definition) is 3. The number of nitrogens with one attached hydrogen (secondary N) is 1. The summed E-state index contributed by atoms with van der Waals surface area (Å²) in [6.45, 7) is 3.60. The van der Waals surface area contributed by atoms with Crippen molar-refractivity contribution in [2.75, 3.05) is 0 Å². The van der Waals surface area contributed by atoms with Gasteiger partial charge in [0.2, 0.25) is 0 Å². The Morgan fingerprint density at radius 1 is 1.43 bits per heavy atom. The van der Waals surface area contributed by atoms with Crippen LogP contribution in [0.25, 0.3) is 0 Å². The van der Waals surface area contributed by atoms with Crippen LogP contribution in [0, 0.1) is 5.92 Å². The molecule has 4 heteroatoms. The molecule has 2 unspecified atom stereocenters. The number of allylic oxidation sites excluding steroid dienone is 5. The Balaban J connectivity index is 1.86. The van der Waals surface area contributed by atoms with Crippen LogP contribution < -0.4 is 4.90 Å². The zero-order valence-corrected chi connectivity index (χ0v) is 12.5. The van der Waals surface area contributed by atoms with E-state index >= 15 is 0 Å². The van der Waals surface area contributed by atoms with Gasteiger partial charge < -0.3 is 15.3 Å². The van der Waals surface area contributed by atoms with Gasteiger partial charge in [0.15, 0.2) is 17.4 Å². The minimum absolute atomic E-state index is 0.124. The average Bonchev–Trinajstić information content (AvgIpc) is 3.22. The zero-order valence-electron chi connectivity index (χ0n) is 12.5. The standard InChI is InChI=1S/C17H23NO3/c1-11(5-6-12-7-8-12)10-13-16(20)17(2,21)15-14(19)4-3-9-18(13)15/h3-6,9-10,12-13,15-16,19-21H,7-8H2,1-2H3/p+1/b6-5+,11-10+/t13-,15?,16-,17-/m0/s1. The Hall–Kier alpha value is -1.36. The number of fused-ring (bicyclic) bond motifs is 1. The number of hydrogen-bond donors (Lipinski definition) is 4. The molecule has 21 heavy (non-hydrogen) atoms. The lowest BCUT2D eigenvalue weighted by atomic mass is 9.90. The van der Waals surface area contributed by atoms with Crippen LogP contribution in [0.15, 0.2) is 47.9 Å². The second kappa shape index (κ2) is 5.13. The molecular weight excluding hydrogens is 266 g/mol. The molecule has 0 amide bonds. The van der Waals surface area contributed by atoms with Gasteiger partial charge in [-0.1, -0.05) is 12.2 Å². The van der Waals surface area contributed by atoms with Crippen LogP contribution >= 0.6 is 0 Å². The predicted octanol–water partition coefficient (Wildman–Crippen LogP) is 0.616. The Kier molecular flexibility index (Phi) is 3.56. The minimum atomic E-state index is -1.34. The van der Waals surface area contributed by atoms with E-state index in [1.807, 2.05) is 19.2 Å². The molecule has 0 aromatic rings. The quantitative estimate of drug-likeness (QED) is 0.576. The van der Waals surface area contributed by atoms with Crippen LogP contribution in [0.5, 0.6) is 0 Å². The van der Waals surface area contributed by atoms with E-state index in [4.69, 9.17) is 0 Å². The summed E-state index contributed by atoms with van der Waals surface area (Å²) in [6, 6.07) is -0.778. The first-order valence-electron chi connectivity index (χ1n) is 7.62. The van der Waals surface area contributed by atoms with Gasteiger partial charge in [0.1, 0.15) is 12.1 Å². The summed E-state index contributed by atoms with van der Waals surface area (Å²) < 4.78 is 0. The Bertz CT molecular complexity index is 540. The smallest absolute Gasteiger partial charge is 0.181 e. The van der Waals surface area contributed by atoms with Gasteiger partial charge >= 0.3 is 0 Å². The predicted molar refractivity (Wildman–Crippen MR) is 80.6 cm³/mol. The van der Waals surface area contributed by atoms with Gasteiger partial charge in [-0.15, -0.1) is 0 Å². The van der Waals surface area contributed by atoms with Gasteiger partial charge in [-0.05, 0) is 56.4 Å². The normalized spacial score (nSPS) is 43.2. The van der Waals surface area contributed by atoms with E-state index in [2.05, 4.69) is 12.2 Å². The third kappa shape index (κ3) is 2.59. The molecule has 2 heterocycles. The lowest BCUT2D eigenvalue weighted by Crippen LogP contribution is -3.14. The Morgan fingerprint density at radius 3 is 2.81 bits per heavy atom. The molecule has 0 radical (unpaired) electrons. The Morgan fingerprint density at radius 2 is 2.14 bits per heavy atom. The van der Waals surface area contributed by atoms with E-state index in [1.54, 1.807) is 19.1 Å². The van der Waals surface area contributed by atoms with E-state index in [0.29, 0.717) is 5.92 Å². The molecular formula is C17H24NO3+. The molecule has 0 spiro atoms. The topological polar surface area (TPSA) is 65.1 Å². The maximum Gasteiger partial charge on any atom is 0.181 e. The van der Waals surface area contributed by atoms with Crippen LogP contribution in [0.1, 0.15) is 26.7 Å². The van der Waals surface area contributed by atoms with Crippen molar-refractivity contribution in [1.82, 2.24) is 0 Å². The van der Waals surface area contributed by atoms with Gasteiger partial charge in [-0.25, -0.2) is 0 Å². The highest BCUT2D eigenvalue weighted by molar-refractivity contribution is 5.26. The van der Waals surface area contributed by atoms with Gasteiger partial charge in [-0.2, -0.15) is 0 Å². The highest BCUT2D eigenvalue weighted by Gasteiger charge is 2.60. The maximum absolute atomic E-state index is 10.6. The van der Waals surface area contributed by atoms with Crippen molar-refractivity contribution in [3.05, 3.63) is 47.9 Å². The fourth-order valence-corrected chi connectivity index (χ4v) is 3.38. The summed E-state index contributed by atoms with van der Waals surface area (Å²) in [5, 5.41) is 31.1. The molecule has 0 aromatic carbocycles. The van der Waals surface area contributed by atoms with E-state index in [1.165, 1.54) is 12.8 Å². The van der Waals surface area contributed by atoms with E-state index in [-0.39, 0.29) is 11.8 Å². The van der Waals surface area contributed by atoms with Crippen molar-refractivity contribution in [2.45, 2.75) is 50.5 Å². The third-order valence-electron chi connectivity index (χ3n) is 4.79. The van der Waals surface area contributed by atoms with Gasteiger partial charge in [0.25, 0.3) is 0 Å². The molecule has 0 aromatic heterocycles. The van der Waals surface area contributed by atoms with Crippen LogP contribution in [-0.2, 0) is 0 Å². The number of aliphatic hydroxyl groups is 3. The maximum atomic E-state index is 10.6. The van der Waals surface area contributed by atoms with Crippen molar-refractivity contribution >= 4 is 0 Å². The molecule has 4 N–H and O–H groups in total. The average molecular weight is 290 g/mol. The highest BCUT2D eigenvalue weighted by atomic mass is 16.4. The summed E-state index contributed by atoms with van der Waals surface area (Å²) in [4.78, 5) is 0.881. The minimum Gasteiger partial charge on any atom is -0.506 e. The molecule has 3 aliphatic rings. The second-order valence-corrected chi connectivity index (χ2v) is 6.69. The van der Waals surface area contributed by atoms with E-state index < -0.39 is 17.7 Å². The first kappa shape index (κ1) is 14.6. The Labute approximate surface area is 125 Å². The number of aliphatic hydroxyl groups excluding tert-OH is 2. The van der Waals surface area contributed by atoms with Crippen molar-refractivity contribution in [3.63, 3.8) is 0 Å². The molecule has 1 saturated heterocycles. The van der Waals surface area contributed by atoms with Crippen molar-refractivity contribution in [1.29, 1.82) is 0 Å². The SMILES string of the molecule is CC(/C=C/C1CC1)=C\[C@H]1[C@H](O)[C@@](C)(O)C2C(O)=CC=C[NH+]21. The fourth-order valence-electron chi connectivity index (χ4n) is 3.38. The van der Waals surface area contributed by atoms with Crippen LogP contribution in [0.4, 0.5) is 0 Å². The van der Waals surface area contributed by atoms with Gasteiger partial charge in [0, 0.05) is 0 Å². The summed E-state index contributed by atoms with van der Waals surface area (Å²) >= 11 is 0. The molecule has 5 atom stereocenters. The first-order valence-corrected chi connectivity index (χ1v) is 7.62. The number of rotatable bonds is 3. The molecule has 3 rings (SSSR count). The summed E-state index contributed by atoms with van der Waals surface area (Å²) in [6.07, 6.45) is 13.2. The lowest BCUT2D eigenvalue weighted by Gasteiger charge is -2.27. The van der Waals surface area contributed by atoms with Gasteiger partial charge in [0.05, 0.1) is 6.20 Å². The van der Waals surface area contributed by atoms with Crippen LogP contribution in [-0.4, -0.2) is 39.1 Å². The molecule has 1 saturated carbocycles. The largest absolute Gasteiger partial charge is 0.506 e. The van der Waals surface area contributed by atoms with E-state index in [0.717, 1.165) is 10.5 Å². The molecule has 2 aliphatic heterocycles. The second-order valence-electron chi connectivity index (χ2n) is 6.69. The summed E-state index contributed by atoms with van der Waals surface area (Å²) in [7, 11) is 0. The van der Waals surface area contributed by atoms with Crippen molar-refractivity contribution < 1.29 is 20.2 Å². The fraction of sp³-hybridized carbons (Fsp3) is 0.529. The number of quaternary nitrogens is 1. The molecule has 1 aliphatic carbocycles. The first-order chi connectivity index (χ1) is 9.91. The third-order valence-corrected chi connectivity index (χ3v) is 4.79. The summed E-state index contributed by atoms with van der Waals surface area (Å²) in [5.74, 6) is 0.838. The molecule has 4 nitrogen and oxygen atoms in total. The molecule has 114 valence electrons. The molecule has 0 bridgehead atoms. The van der Waals surface area contributed by atoms with Crippen molar-refractivity contribution in [3.8, 4) is 0 Å². The summed E-state index contributed by atoms with van der Waals surface area (Å²) in [5.41, 5.74) is -0.264. The zero-order chi connectivity index (χ0) is 15.2. The van der Waals surface area contributed by atoms with E-state index in [9.17, 15) is 15.3 Å².